The fraction of sp³-hybridized carbons (Fsp3) is 0.588. The molecule has 0 spiro atoms. The van der Waals surface area contributed by atoms with Gasteiger partial charge in [0.15, 0.2) is 0 Å². The monoisotopic (exact) mass is 274 g/mol. The van der Waals surface area contributed by atoms with Crippen molar-refractivity contribution in [2.75, 3.05) is 19.6 Å². The molecule has 0 aromatic heterocycles. The van der Waals surface area contributed by atoms with Gasteiger partial charge in [-0.15, -0.1) is 0 Å². The molecule has 0 radical (unpaired) electrons. The quantitative estimate of drug-likeness (QED) is 0.895. The molecule has 110 valence electrons. The molecule has 0 bridgehead atoms. The first-order valence-electron chi connectivity index (χ1n) is 7.76. The van der Waals surface area contributed by atoms with E-state index < -0.39 is 0 Å². The van der Waals surface area contributed by atoms with Crippen LogP contribution >= 0.6 is 0 Å². The van der Waals surface area contributed by atoms with E-state index in [0.29, 0.717) is 18.4 Å². The highest BCUT2D eigenvalue weighted by Gasteiger charge is 2.23. The molecule has 1 unspecified atom stereocenters. The van der Waals surface area contributed by atoms with Crippen LogP contribution < -0.4 is 5.32 Å². The fourth-order valence-corrected chi connectivity index (χ4v) is 3.00. The summed E-state index contributed by atoms with van der Waals surface area (Å²) < 4.78 is 0. The first kappa shape index (κ1) is 15.0. The number of rotatable bonds is 5. The van der Waals surface area contributed by atoms with Gasteiger partial charge < -0.3 is 10.2 Å². The smallest absolute Gasteiger partial charge is 0.223 e. The minimum atomic E-state index is 0.294. The first-order chi connectivity index (χ1) is 9.70. The van der Waals surface area contributed by atoms with E-state index in [1.54, 1.807) is 0 Å². The van der Waals surface area contributed by atoms with E-state index in [-0.39, 0.29) is 0 Å². The van der Waals surface area contributed by atoms with Crippen LogP contribution in [0.5, 0.6) is 0 Å². The number of nitrogens with zero attached hydrogens (tertiary/aromatic N) is 1. The Labute approximate surface area is 122 Å². The topological polar surface area (TPSA) is 32.3 Å². The van der Waals surface area contributed by atoms with Gasteiger partial charge in [-0.25, -0.2) is 0 Å². The molecule has 1 amide bonds. The van der Waals surface area contributed by atoms with Crippen molar-refractivity contribution in [1.29, 1.82) is 0 Å². The maximum absolute atomic E-state index is 12.4. The van der Waals surface area contributed by atoms with E-state index in [0.717, 1.165) is 32.5 Å². The molecule has 1 fully saturated rings. The Morgan fingerprint density at radius 1 is 1.45 bits per heavy atom. The van der Waals surface area contributed by atoms with Crippen molar-refractivity contribution in [2.45, 2.75) is 45.6 Å². The lowest BCUT2D eigenvalue weighted by molar-refractivity contribution is -0.133. The summed E-state index contributed by atoms with van der Waals surface area (Å²) in [5.74, 6) is 0.294. The minimum Gasteiger partial charge on any atom is -0.339 e. The number of aryl methyl sites for hydroxylation is 2. The predicted octanol–water partition coefficient (Wildman–Crippen LogP) is 2.53. The van der Waals surface area contributed by atoms with Crippen LogP contribution in [0.15, 0.2) is 24.3 Å². The van der Waals surface area contributed by atoms with Gasteiger partial charge in [0.05, 0.1) is 0 Å². The van der Waals surface area contributed by atoms with Crippen molar-refractivity contribution >= 4 is 5.91 Å². The predicted molar refractivity (Wildman–Crippen MR) is 82.8 cm³/mol. The molecule has 2 rings (SSSR count). The number of hydrogen-bond acceptors (Lipinski definition) is 2. The maximum atomic E-state index is 12.4. The molecule has 3 heteroatoms. The zero-order chi connectivity index (χ0) is 14.4. The number of carbonyl (C=O) groups excluding carboxylic acids is 1. The molecule has 0 aliphatic carbocycles. The third kappa shape index (κ3) is 4.07. The lowest BCUT2D eigenvalue weighted by Gasteiger charge is -2.34. The molecule has 1 aliphatic heterocycles. The van der Waals surface area contributed by atoms with Crippen molar-refractivity contribution in [1.82, 2.24) is 10.2 Å². The average molecular weight is 274 g/mol. The van der Waals surface area contributed by atoms with Gasteiger partial charge in [-0.1, -0.05) is 29.8 Å². The largest absolute Gasteiger partial charge is 0.339 e. The fourth-order valence-electron chi connectivity index (χ4n) is 3.00. The summed E-state index contributed by atoms with van der Waals surface area (Å²) in [6.07, 6.45) is 3.77. The minimum absolute atomic E-state index is 0.294. The SMILES string of the molecule is CCN(C(=O)CCc1cccc(C)c1)C1CCCNC1. The van der Waals surface area contributed by atoms with Crippen LogP contribution in [0.25, 0.3) is 0 Å². The third-order valence-corrected chi connectivity index (χ3v) is 4.08. The van der Waals surface area contributed by atoms with Crippen LogP contribution in [-0.4, -0.2) is 36.5 Å². The first-order valence-corrected chi connectivity index (χ1v) is 7.76. The second-order valence-corrected chi connectivity index (χ2v) is 5.67. The van der Waals surface area contributed by atoms with E-state index in [4.69, 9.17) is 0 Å². The Kier molecular flexibility index (Phi) is 5.60. The molecular weight excluding hydrogens is 248 g/mol. The Bertz CT molecular complexity index is 438. The van der Waals surface area contributed by atoms with Crippen LogP contribution in [0.3, 0.4) is 0 Å². The zero-order valence-electron chi connectivity index (χ0n) is 12.7. The number of benzene rings is 1. The lowest BCUT2D eigenvalue weighted by Crippen LogP contribution is -2.48. The second kappa shape index (κ2) is 7.44. The Balaban J connectivity index is 1.88. The van der Waals surface area contributed by atoms with Gasteiger partial charge in [0.1, 0.15) is 0 Å². The van der Waals surface area contributed by atoms with Crippen LogP contribution in [0.2, 0.25) is 0 Å². The zero-order valence-corrected chi connectivity index (χ0v) is 12.7. The van der Waals surface area contributed by atoms with Gasteiger partial charge in [-0.2, -0.15) is 0 Å². The molecule has 1 atom stereocenters. The Morgan fingerprint density at radius 3 is 2.95 bits per heavy atom. The van der Waals surface area contributed by atoms with Crippen LogP contribution in [-0.2, 0) is 11.2 Å². The van der Waals surface area contributed by atoms with Gasteiger partial charge in [-0.3, -0.25) is 4.79 Å². The third-order valence-electron chi connectivity index (χ3n) is 4.08. The standard InChI is InChI=1S/C17H26N2O/c1-3-19(16-8-5-11-18-13-16)17(20)10-9-15-7-4-6-14(2)12-15/h4,6-7,12,16,18H,3,5,8-11,13H2,1-2H3. The summed E-state index contributed by atoms with van der Waals surface area (Å²) in [7, 11) is 0. The highest BCUT2D eigenvalue weighted by atomic mass is 16.2. The van der Waals surface area contributed by atoms with E-state index in [1.807, 2.05) is 0 Å². The van der Waals surface area contributed by atoms with Gasteiger partial charge >= 0.3 is 0 Å². The van der Waals surface area contributed by atoms with Crippen molar-refractivity contribution in [3.05, 3.63) is 35.4 Å². The number of piperidine rings is 1. The number of likely N-dealkylation sites (N-methyl/N-ethyl adjacent to an activating group) is 1. The average Bonchev–Trinajstić information content (AvgIpc) is 2.47. The summed E-state index contributed by atoms with van der Waals surface area (Å²) in [6, 6.07) is 8.83. The summed E-state index contributed by atoms with van der Waals surface area (Å²) in [5.41, 5.74) is 2.52. The molecule has 1 heterocycles. The highest BCUT2D eigenvalue weighted by Crippen LogP contribution is 2.13. The molecule has 1 aliphatic rings. The summed E-state index contributed by atoms with van der Waals surface area (Å²) in [5, 5.41) is 3.39. The molecule has 20 heavy (non-hydrogen) atoms. The second-order valence-electron chi connectivity index (χ2n) is 5.67. The highest BCUT2D eigenvalue weighted by molar-refractivity contribution is 5.76. The van der Waals surface area contributed by atoms with Crippen molar-refractivity contribution < 1.29 is 4.79 Å². The summed E-state index contributed by atoms with van der Waals surface area (Å²) in [6.45, 7) is 7.03. The van der Waals surface area contributed by atoms with E-state index in [9.17, 15) is 4.79 Å². The molecular formula is C17H26N2O. The molecule has 1 aromatic rings. The van der Waals surface area contributed by atoms with Crippen molar-refractivity contribution in [3.63, 3.8) is 0 Å². The van der Waals surface area contributed by atoms with Crippen LogP contribution in [0.1, 0.15) is 37.3 Å². The van der Waals surface area contributed by atoms with Gasteiger partial charge in [0.2, 0.25) is 5.91 Å². The summed E-state index contributed by atoms with van der Waals surface area (Å²) >= 11 is 0. The molecule has 1 aromatic carbocycles. The molecule has 1 N–H and O–H groups in total. The van der Waals surface area contributed by atoms with Crippen LogP contribution in [0, 0.1) is 6.92 Å². The number of hydrogen-bond donors (Lipinski definition) is 1. The van der Waals surface area contributed by atoms with E-state index in [2.05, 4.69) is 48.3 Å². The number of amides is 1. The molecule has 3 nitrogen and oxygen atoms in total. The van der Waals surface area contributed by atoms with E-state index >= 15 is 0 Å². The van der Waals surface area contributed by atoms with E-state index in [1.165, 1.54) is 17.5 Å². The van der Waals surface area contributed by atoms with Gasteiger partial charge in [-0.05, 0) is 45.2 Å². The normalized spacial score (nSPS) is 18.8. The van der Waals surface area contributed by atoms with Crippen molar-refractivity contribution in [3.8, 4) is 0 Å². The van der Waals surface area contributed by atoms with Gasteiger partial charge in [0.25, 0.3) is 0 Å². The van der Waals surface area contributed by atoms with Crippen molar-refractivity contribution in [2.24, 2.45) is 0 Å². The summed E-state index contributed by atoms with van der Waals surface area (Å²) in [4.78, 5) is 14.5. The Hall–Kier alpha value is -1.35. The maximum Gasteiger partial charge on any atom is 0.223 e. The molecule has 1 saturated heterocycles. The molecule has 0 saturated carbocycles. The number of carbonyl (C=O) groups is 1. The van der Waals surface area contributed by atoms with Gasteiger partial charge in [0, 0.05) is 25.6 Å². The Morgan fingerprint density at radius 2 is 2.30 bits per heavy atom. The lowest BCUT2D eigenvalue weighted by atomic mass is 10.0. The number of nitrogens with one attached hydrogen (secondary N) is 1. The van der Waals surface area contributed by atoms with Crippen LogP contribution in [0.4, 0.5) is 0 Å².